The average Bonchev–Trinajstić information content (AvgIpc) is 2.88. The SMILES string of the molecule is COc1ccc(CC(=O)Nc2n[nH]c(C(F)(F)F)n2)cc1. The van der Waals surface area contributed by atoms with E-state index < -0.39 is 23.9 Å². The lowest BCUT2D eigenvalue weighted by molar-refractivity contribution is -0.144. The fourth-order valence-corrected chi connectivity index (χ4v) is 1.54. The molecule has 0 atom stereocenters. The largest absolute Gasteiger partial charge is 0.497 e. The molecule has 0 saturated carbocycles. The number of methoxy groups -OCH3 is 1. The van der Waals surface area contributed by atoms with Crippen LogP contribution in [0.5, 0.6) is 5.75 Å². The molecule has 1 aromatic carbocycles. The molecule has 0 aliphatic rings. The first kappa shape index (κ1) is 14.8. The summed E-state index contributed by atoms with van der Waals surface area (Å²) >= 11 is 0. The van der Waals surface area contributed by atoms with Crippen molar-refractivity contribution < 1.29 is 22.7 Å². The van der Waals surface area contributed by atoms with E-state index in [-0.39, 0.29) is 6.42 Å². The van der Waals surface area contributed by atoms with Crippen molar-refractivity contribution in [3.63, 3.8) is 0 Å². The summed E-state index contributed by atoms with van der Waals surface area (Å²) in [6.45, 7) is 0. The van der Waals surface area contributed by atoms with Crippen molar-refractivity contribution >= 4 is 11.9 Å². The first-order chi connectivity index (χ1) is 9.88. The van der Waals surface area contributed by atoms with E-state index in [2.05, 4.69) is 15.4 Å². The van der Waals surface area contributed by atoms with E-state index in [1.165, 1.54) is 7.11 Å². The molecule has 1 amide bonds. The average molecular weight is 300 g/mol. The Morgan fingerprint density at radius 1 is 1.33 bits per heavy atom. The Kier molecular flexibility index (Phi) is 4.10. The molecule has 0 unspecified atom stereocenters. The van der Waals surface area contributed by atoms with Crippen molar-refractivity contribution in [3.05, 3.63) is 35.7 Å². The first-order valence-corrected chi connectivity index (χ1v) is 5.81. The number of benzene rings is 1. The van der Waals surface area contributed by atoms with Gasteiger partial charge in [-0.2, -0.15) is 18.2 Å². The standard InChI is InChI=1S/C12H11F3N4O2/c1-21-8-4-2-7(3-5-8)6-9(20)16-11-17-10(18-19-11)12(13,14)15/h2-5H,6H2,1H3,(H2,16,17,18,19,20). The van der Waals surface area contributed by atoms with Gasteiger partial charge in [0.15, 0.2) is 0 Å². The van der Waals surface area contributed by atoms with Crippen LogP contribution >= 0.6 is 0 Å². The van der Waals surface area contributed by atoms with Crippen molar-refractivity contribution in [1.29, 1.82) is 0 Å². The fourth-order valence-electron chi connectivity index (χ4n) is 1.54. The number of H-pyrrole nitrogens is 1. The zero-order chi connectivity index (χ0) is 15.5. The summed E-state index contributed by atoms with van der Waals surface area (Å²) < 4.78 is 41.9. The fraction of sp³-hybridized carbons (Fsp3) is 0.250. The molecule has 0 aliphatic heterocycles. The Morgan fingerprint density at radius 3 is 2.52 bits per heavy atom. The highest BCUT2D eigenvalue weighted by molar-refractivity contribution is 5.90. The normalized spacial score (nSPS) is 11.2. The highest BCUT2D eigenvalue weighted by atomic mass is 19.4. The lowest BCUT2D eigenvalue weighted by Crippen LogP contribution is -2.15. The maximum absolute atomic E-state index is 12.3. The maximum Gasteiger partial charge on any atom is 0.451 e. The van der Waals surface area contributed by atoms with Crippen molar-refractivity contribution in [1.82, 2.24) is 15.2 Å². The second kappa shape index (κ2) is 5.81. The third-order valence-electron chi connectivity index (χ3n) is 2.53. The summed E-state index contributed by atoms with van der Waals surface area (Å²) in [5, 5.41) is 7.18. The minimum Gasteiger partial charge on any atom is -0.497 e. The van der Waals surface area contributed by atoms with Crippen LogP contribution in [0, 0.1) is 0 Å². The number of aromatic nitrogens is 3. The van der Waals surface area contributed by atoms with Gasteiger partial charge in [-0.05, 0) is 17.7 Å². The molecule has 112 valence electrons. The summed E-state index contributed by atoms with van der Waals surface area (Å²) in [5.74, 6) is -1.56. The maximum atomic E-state index is 12.3. The number of carbonyl (C=O) groups is 1. The summed E-state index contributed by atoms with van der Waals surface area (Å²) in [7, 11) is 1.52. The summed E-state index contributed by atoms with van der Waals surface area (Å²) in [6.07, 6.45) is -4.65. The highest BCUT2D eigenvalue weighted by Gasteiger charge is 2.35. The topological polar surface area (TPSA) is 79.9 Å². The number of hydrogen-bond acceptors (Lipinski definition) is 4. The van der Waals surface area contributed by atoms with Gasteiger partial charge in [-0.1, -0.05) is 12.1 Å². The predicted octanol–water partition coefficient (Wildman–Crippen LogP) is 2.01. The number of ether oxygens (including phenoxy) is 1. The molecule has 2 rings (SSSR count). The molecule has 1 aromatic heterocycles. The second-order valence-corrected chi connectivity index (χ2v) is 4.08. The number of amides is 1. The zero-order valence-corrected chi connectivity index (χ0v) is 10.9. The molecule has 0 spiro atoms. The van der Waals surface area contributed by atoms with Gasteiger partial charge in [-0.15, -0.1) is 5.10 Å². The van der Waals surface area contributed by atoms with Crippen molar-refractivity contribution in [2.45, 2.75) is 12.6 Å². The molecule has 0 bridgehead atoms. The quantitative estimate of drug-likeness (QED) is 0.905. The van der Waals surface area contributed by atoms with Crippen LogP contribution in [0.25, 0.3) is 0 Å². The number of nitrogens with one attached hydrogen (secondary N) is 2. The molecular formula is C12H11F3N4O2. The molecule has 0 aliphatic carbocycles. The van der Waals surface area contributed by atoms with Crippen molar-refractivity contribution in [3.8, 4) is 5.75 Å². The van der Waals surface area contributed by atoms with E-state index in [0.29, 0.717) is 11.3 Å². The third kappa shape index (κ3) is 3.94. The zero-order valence-electron chi connectivity index (χ0n) is 10.9. The minimum absolute atomic E-state index is 0.0140. The molecule has 6 nitrogen and oxygen atoms in total. The number of aromatic amines is 1. The number of halogens is 3. The van der Waals surface area contributed by atoms with Crippen LogP contribution in [0.1, 0.15) is 11.4 Å². The monoisotopic (exact) mass is 300 g/mol. The lowest BCUT2D eigenvalue weighted by atomic mass is 10.1. The van der Waals surface area contributed by atoms with Gasteiger partial charge in [0.05, 0.1) is 13.5 Å². The predicted molar refractivity (Wildman–Crippen MR) is 66.7 cm³/mol. The van der Waals surface area contributed by atoms with Crippen LogP contribution < -0.4 is 10.1 Å². The molecule has 1 heterocycles. The Balaban J connectivity index is 1.96. The third-order valence-corrected chi connectivity index (χ3v) is 2.53. The van der Waals surface area contributed by atoms with Crippen LogP contribution in [-0.2, 0) is 17.4 Å². The number of anilines is 1. The minimum atomic E-state index is -4.63. The Morgan fingerprint density at radius 2 is 2.00 bits per heavy atom. The van der Waals surface area contributed by atoms with E-state index in [4.69, 9.17) is 4.74 Å². The van der Waals surface area contributed by atoms with Gasteiger partial charge in [0.2, 0.25) is 17.7 Å². The van der Waals surface area contributed by atoms with E-state index in [9.17, 15) is 18.0 Å². The van der Waals surface area contributed by atoms with Crippen molar-refractivity contribution in [2.75, 3.05) is 12.4 Å². The van der Waals surface area contributed by atoms with Crippen LogP contribution in [-0.4, -0.2) is 28.2 Å². The van der Waals surface area contributed by atoms with Crippen LogP contribution in [0.4, 0.5) is 19.1 Å². The number of rotatable bonds is 4. The number of carbonyl (C=O) groups excluding carboxylic acids is 1. The van der Waals surface area contributed by atoms with Gasteiger partial charge in [-0.25, -0.2) is 0 Å². The highest BCUT2D eigenvalue weighted by Crippen LogP contribution is 2.26. The summed E-state index contributed by atoms with van der Waals surface area (Å²) in [4.78, 5) is 14.8. The molecule has 21 heavy (non-hydrogen) atoms. The Labute approximate surface area is 117 Å². The van der Waals surface area contributed by atoms with E-state index in [1.54, 1.807) is 29.4 Å². The Bertz CT molecular complexity index is 622. The van der Waals surface area contributed by atoms with E-state index in [0.717, 1.165) is 0 Å². The first-order valence-electron chi connectivity index (χ1n) is 5.81. The Hall–Kier alpha value is -2.58. The van der Waals surface area contributed by atoms with Gasteiger partial charge in [-0.3, -0.25) is 15.2 Å². The summed E-state index contributed by atoms with van der Waals surface area (Å²) in [5.41, 5.74) is 0.680. The second-order valence-electron chi connectivity index (χ2n) is 4.08. The van der Waals surface area contributed by atoms with Gasteiger partial charge in [0, 0.05) is 0 Å². The number of alkyl halides is 3. The van der Waals surface area contributed by atoms with Gasteiger partial charge in [0.1, 0.15) is 5.75 Å². The van der Waals surface area contributed by atoms with E-state index in [1.807, 2.05) is 0 Å². The van der Waals surface area contributed by atoms with Gasteiger partial charge in [0.25, 0.3) is 0 Å². The number of nitrogens with zero attached hydrogens (tertiary/aromatic N) is 2. The van der Waals surface area contributed by atoms with Crippen LogP contribution in [0.3, 0.4) is 0 Å². The molecule has 2 N–H and O–H groups in total. The molecule has 2 aromatic rings. The van der Waals surface area contributed by atoms with E-state index >= 15 is 0 Å². The smallest absolute Gasteiger partial charge is 0.451 e. The molecule has 9 heteroatoms. The molecular weight excluding hydrogens is 289 g/mol. The molecule has 0 saturated heterocycles. The van der Waals surface area contributed by atoms with Crippen LogP contribution in [0.2, 0.25) is 0 Å². The number of hydrogen-bond donors (Lipinski definition) is 2. The summed E-state index contributed by atoms with van der Waals surface area (Å²) in [6, 6.07) is 6.71. The van der Waals surface area contributed by atoms with Crippen molar-refractivity contribution in [2.24, 2.45) is 0 Å². The lowest BCUT2D eigenvalue weighted by Gasteiger charge is -2.03. The van der Waals surface area contributed by atoms with Gasteiger partial charge < -0.3 is 4.74 Å². The van der Waals surface area contributed by atoms with Crippen LogP contribution in [0.15, 0.2) is 24.3 Å². The van der Waals surface area contributed by atoms with Gasteiger partial charge >= 0.3 is 6.18 Å². The molecule has 0 fully saturated rings. The molecule has 0 radical (unpaired) electrons.